The quantitative estimate of drug-likeness (QED) is 0.547. The summed E-state index contributed by atoms with van der Waals surface area (Å²) < 4.78 is 5.47. The number of rotatable bonds is 4. The molecule has 1 aromatic rings. The van der Waals surface area contributed by atoms with E-state index >= 15 is 0 Å². The van der Waals surface area contributed by atoms with Gasteiger partial charge in [0.2, 0.25) is 0 Å². The first kappa shape index (κ1) is 10.9. The van der Waals surface area contributed by atoms with Gasteiger partial charge in [0.15, 0.2) is 5.69 Å². The maximum absolute atomic E-state index is 6.78. The average molecular weight is 210 g/mol. The molecule has 1 rings (SSSR count). The molecule has 0 spiro atoms. The van der Waals surface area contributed by atoms with Crippen LogP contribution in [0.2, 0.25) is 0 Å². The Balaban J connectivity index is 2.49. The predicted octanol–water partition coefficient (Wildman–Crippen LogP) is 3.49. The van der Waals surface area contributed by atoms with Gasteiger partial charge in [-0.2, -0.15) is 0 Å². The number of hydrogen-bond donors (Lipinski definition) is 0. The Labute approximate surface area is 89.3 Å². The van der Waals surface area contributed by atoms with Gasteiger partial charge in [0, 0.05) is 11.8 Å². The highest BCUT2D eigenvalue weighted by atomic mass is 35.5. The van der Waals surface area contributed by atoms with E-state index in [-0.39, 0.29) is 0 Å². The van der Waals surface area contributed by atoms with Crippen LogP contribution in [0.25, 0.3) is 4.85 Å². The first-order chi connectivity index (χ1) is 6.76. The molecule has 0 amide bonds. The third kappa shape index (κ3) is 3.27. The van der Waals surface area contributed by atoms with E-state index in [1.165, 1.54) is 0 Å². The molecule has 0 saturated carbocycles. The van der Waals surface area contributed by atoms with Crippen LogP contribution in [-0.2, 0) is 0 Å². The summed E-state index contributed by atoms with van der Waals surface area (Å²) in [5.74, 6) is 1.73. The van der Waals surface area contributed by atoms with Crippen LogP contribution in [0.15, 0.2) is 24.3 Å². The van der Waals surface area contributed by atoms with Crippen molar-refractivity contribution in [3.05, 3.63) is 35.7 Å². The highest BCUT2D eigenvalue weighted by Gasteiger charge is 2.00. The van der Waals surface area contributed by atoms with Crippen LogP contribution in [-0.4, -0.2) is 12.5 Å². The van der Waals surface area contributed by atoms with E-state index in [0.717, 1.165) is 5.75 Å². The van der Waals surface area contributed by atoms with Crippen molar-refractivity contribution in [1.29, 1.82) is 0 Å². The lowest BCUT2D eigenvalue weighted by Crippen LogP contribution is -2.09. The Bertz CT molecular complexity index is 315. The fourth-order valence-corrected chi connectivity index (χ4v) is 0.989. The summed E-state index contributed by atoms with van der Waals surface area (Å²) >= 11 is 5.65. The summed E-state index contributed by atoms with van der Waals surface area (Å²) in [5.41, 5.74) is 0.628. The lowest BCUT2D eigenvalue weighted by Gasteiger charge is -2.09. The van der Waals surface area contributed by atoms with E-state index < -0.39 is 0 Å². The molecule has 0 N–H and O–H groups in total. The molecular formula is C11H12ClNO. The Kier molecular flexibility index (Phi) is 4.28. The zero-order valence-electron chi connectivity index (χ0n) is 8.03. The maximum Gasteiger partial charge on any atom is 0.187 e. The van der Waals surface area contributed by atoms with Crippen molar-refractivity contribution in [2.75, 3.05) is 12.5 Å². The number of hydrogen-bond acceptors (Lipinski definition) is 1. The smallest absolute Gasteiger partial charge is 0.187 e. The van der Waals surface area contributed by atoms with Gasteiger partial charge in [-0.25, -0.2) is 4.85 Å². The molecular weight excluding hydrogens is 198 g/mol. The van der Waals surface area contributed by atoms with Crippen molar-refractivity contribution in [2.24, 2.45) is 5.92 Å². The van der Waals surface area contributed by atoms with E-state index in [1.807, 2.05) is 6.92 Å². The largest absolute Gasteiger partial charge is 0.493 e. The molecule has 0 fully saturated rings. The molecule has 0 aliphatic heterocycles. The van der Waals surface area contributed by atoms with Crippen LogP contribution >= 0.6 is 11.6 Å². The van der Waals surface area contributed by atoms with Crippen molar-refractivity contribution in [3.63, 3.8) is 0 Å². The lowest BCUT2D eigenvalue weighted by molar-refractivity contribution is 0.273. The van der Waals surface area contributed by atoms with Crippen molar-refractivity contribution in [3.8, 4) is 5.75 Å². The van der Waals surface area contributed by atoms with E-state index in [4.69, 9.17) is 22.9 Å². The van der Waals surface area contributed by atoms with Gasteiger partial charge in [0.1, 0.15) is 5.75 Å². The summed E-state index contributed by atoms with van der Waals surface area (Å²) in [6.07, 6.45) is 0. The molecule has 0 radical (unpaired) electrons. The third-order valence-electron chi connectivity index (χ3n) is 1.76. The predicted molar refractivity (Wildman–Crippen MR) is 58.1 cm³/mol. The summed E-state index contributed by atoms with van der Waals surface area (Å²) in [7, 11) is 0. The van der Waals surface area contributed by atoms with E-state index in [0.29, 0.717) is 24.1 Å². The molecule has 14 heavy (non-hydrogen) atoms. The Morgan fingerprint density at radius 3 is 2.57 bits per heavy atom. The zero-order chi connectivity index (χ0) is 10.4. The third-order valence-corrected chi connectivity index (χ3v) is 2.29. The number of halogens is 1. The minimum absolute atomic E-state index is 0.345. The molecule has 3 heteroatoms. The number of ether oxygens (including phenoxy) is 1. The molecule has 1 aromatic carbocycles. The molecule has 74 valence electrons. The first-order valence-corrected chi connectivity index (χ1v) is 4.96. The molecule has 1 atom stereocenters. The SMILES string of the molecule is [C-]#[N+]c1ccc(OCC(C)CCl)cc1. The van der Waals surface area contributed by atoms with Crippen LogP contribution < -0.4 is 4.74 Å². The minimum Gasteiger partial charge on any atom is -0.493 e. The fourth-order valence-electron chi connectivity index (χ4n) is 0.900. The minimum atomic E-state index is 0.345. The number of alkyl halides is 1. The number of nitrogens with zero attached hydrogens (tertiary/aromatic N) is 1. The summed E-state index contributed by atoms with van der Waals surface area (Å²) in [6, 6.07) is 7.09. The van der Waals surface area contributed by atoms with Crippen molar-refractivity contribution < 1.29 is 4.74 Å². The second-order valence-corrected chi connectivity index (χ2v) is 3.48. The number of benzene rings is 1. The molecule has 0 aliphatic rings. The zero-order valence-corrected chi connectivity index (χ0v) is 8.79. The van der Waals surface area contributed by atoms with Gasteiger partial charge in [-0.1, -0.05) is 19.1 Å². The Morgan fingerprint density at radius 2 is 2.07 bits per heavy atom. The maximum atomic E-state index is 6.78. The molecule has 1 unspecified atom stereocenters. The second-order valence-electron chi connectivity index (χ2n) is 3.18. The van der Waals surface area contributed by atoms with E-state index in [1.54, 1.807) is 24.3 Å². The van der Waals surface area contributed by atoms with Gasteiger partial charge in [-0.05, 0) is 12.1 Å². The molecule has 0 saturated heterocycles. The van der Waals surface area contributed by atoms with Crippen LogP contribution in [0.1, 0.15) is 6.92 Å². The monoisotopic (exact) mass is 209 g/mol. The highest BCUT2D eigenvalue weighted by Crippen LogP contribution is 2.18. The van der Waals surface area contributed by atoms with Crippen LogP contribution in [0.3, 0.4) is 0 Å². The standard InChI is InChI=1S/C11H12ClNO/c1-9(7-12)8-14-11-5-3-10(13-2)4-6-11/h3-6,9H,7-8H2,1H3. The van der Waals surface area contributed by atoms with E-state index in [2.05, 4.69) is 4.85 Å². The Hall–Kier alpha value is -1.20. The molecule has 0 bridgehead atoms. The summed E-state index contributed by atoms with van der Waals surface area (Å²) in [4.78, 5) is 3.30. The van der Waals surface area contributed by atoms with Crippen LogP contribution in [0.4, 0.5) is 5.69 Å². The van der Waals surface area contributed by atoms with E-state index in [9.17, 15) is 0 Å². The van der Waals surface area contributed by atoms with Crippen molar-refractivity contribution in [1.82, 2.24) is 0 Å². The van der Waals surface area contributed by atoms with Crippen molar-refractivity contribution in [2.45, 2.75) is 6.92 Å². The normalized spacial score (nSPS) is 11.8. The summed E-state index contributed by atoms with van der Waals surface area (Å²) in [6.45, 7) is 9.42. The molecule has 2 nitrogen and oxygen atoms in total. The van der Waals surface area contributed by atoms with Gasteiger partial charge in [0.05, 0.1) is 13.2 Å². The second kappa shape index (κ2) is 5.51. The van der Waals surface area contributed by atoms with Crippen LogP contribution in [0.5, 0.6) is 5.75 Å². The van der Waals surface area contributed by atoms with Gasteiger partial charge < -0.3 is 4.74 Å². The Morgan fingerprint density at radius 1 is 1.43 bits per heavy atom. The van der Waals surface area contributed by atoms with Gasteiger partial charge >= 0.3 is 0 Å². The van der Waals surface area contributed by atoms with Crippen molar-refractivity contribution >= 4 is 17.3 Å². The molecule has 0 heterocycles. The molecule has 0 aromatic heterocycles. The van der Waals surface area contributed by atoms with Gasteiger partial charge in [0.25, 0.3) is 0 Å². The fraction of sp³-hybridized carbons (Fsp3) is 0.364. The lowest BCUT2D eigenvalue weighted by atomic mass is 10.2. The van der Waals surface area contributed by atoms with Crippen LogP contribution in [0, 0.1) is 12.5 Å². The molecule has 0 aliphatic carbocycles. The average Bonchev–Trinajstić information content (AvgIpc) is 2.26. The highest BCUT2D eigenvalue weighted by molar-refractivity contribution is 6.18. The topological polar surface area (TPSA) is 13.6 Å². The first-order valence-electron chi connectivity index (χ1n) is 4.42. The van der Waals surface area contributed by atoms with Gasteiger partial charge in [-0.15, -0.1) is 11.6 Å². The van der Waals surface area contributed by atoms with Gasteiger partial charge in [-0.3, -0.25) is 0 Å². The summed E-state index contributed by atoms with van der Waals surface area (Å²) in [5, 5.41) is 0.